The second-order valence-electron chi connectivity index (χ2n) is 6.79. The molecule has 1 aliphatic rings. The first-order chi connectivity index (χ1) is 15.9. The van der Waals surface area contributed by atoms with Crippen molar-refractivity contribution in [1.82, 2.24) is 4.90 Å². The Bertz CT molecular complexity index is 1100. The highest BCUT2D eigenvalue weighted by Crippen LogP contribution is 2.34. The van der Waals surface area contributed by atoms with Crippen LogP contribution in [0.15, 0.2) is 64.9 Å². The van der Waals surface area contributed by atoms with Crippen LogP contribution in [0.3, 0.4) is 0 Å². The smallest absolute Gasteiger partial charge is 0.294 e. The van der Waals surface area contributed by atoms with Gasteiger partial charge in [-0.2, -0.15) is 0 Å². The molecule has 0 radical (unpaired) electrons. The number of nitrogens with zero attached hydrogens (tertiary/aromatic N) is 1. The van der Waals surface area contributed by atoms with Gasteiger partial charge in [0.2, 0.25) is 5.91 Å². The first kappa shape index (κ1) is 24.5. The van der Waals surface area contributed by atoms with E-state index in [1.165, 1.54) is 0 Å². The van der Waals surface area contributed by atoms with Crippen LogP contribution in [-0.4, -0.2) is 48.0 Å². The molecule has 0 bridgehead atoms. The summed E-state index contributed by atoms with van der Waals surface area (Å²) in [6.07, 6.45) is 5.17. The van der Waals surface area contributed by atoms with Gasteiger partial charge in [-0.25, -0.2) is 0 Å². The molecule has 1 fully saturated rings. The Morgan fingerprint density at radius 1 is 1.18 bits per heavy atom. The van der Waals surface area contributed by atoms with Gasteiger partial charge in [-0.1, -0.05) is 24.8 Å². The van der Waals surface area contributed by atoms with Crippen LogP contribution in [0.5, 0.6) is 11.5 Å². The van der Waals surface area contributed by atoms with E-state index in [9.17, 15) is 14.4 Å². The highest BCUT2D eigenvalue weighted by Gasteiger charge is 2.36. The number of imide groups is 1. The number of hydrogen-bond acceptors (Lipinski definition) is 7. The van der Waals surface area contributed by atoms with Gasteiger partial charge < -0.3 is 14.8 Å². The molecule has 2 aromatic carbocycles. The van der Waals surface area contributed by atoms with Gasteiger partial charge in [-0.15, -0.1) is 11.8 Å². The Balaban J connectivity index is 1.71. The van der Waals surface area contributed by atoms with E-state index in [1.807, 2.05) is 31.4 Å². The van der Waals surface area contributed by atoms with Crippen LogP contribution in [0.1, 0.15) is 12.5 Å². The molecule has 9 heteroatoms. The van der Waals surface area contributed by atoms with Crippen molar-refractivity contribution in [2.75, 3.05) is 31.3 Å². The molecule has 0 spiro atoms. The summed E-state index contributed by atoms with van der Waals surface area (Å²) in [5, 5.41) is 2.24. The van der Waals surface area contributed by atoms with E-state index in [-0.39, 0.29) is 11.4 Å². The van der Waals surface area contributed by atoms with Gasteiger partial charge >= 0.3 is 0 Å². The van der Waals surface area contributed by atoms with Crippen molar-refractivity contribution in [1.29, 1.82) is 0 Å². The van der Waals surface area contributed by atoms with Gasteiger partial charge in [-0.3, -0.25) is 19.3 Å². The minimum Gasteiger partial charge on any atom is -0.490 e. The molecule has 3 rings (SSSR count). The number of thioether (sulfide) groups is 2. The monoisotopic (exact) mass is 484 g/mol. The SMILES string of the molecule is C=CCOc1ccc(/C=C2/SC(=O)N(CC(=O)Nc3cccc(SC)c3)C2=O)cc1OCC. The van der Waals surface area contributed by atoms with Crippen molar-refractivity contribution in [2.24, 2.45) is 0 Å². The maximum absolute atomic E-state index is 12.8. The number of carbonyl (C=O) groups is 3. The second-order valence-corrected chi connectivity index (χ2v) is 8.66. The molecular weight excluding hydrogens is 460 g/mol. The zero-order valence-electron chi connectivity index (χ0n) is 18.3. The largest absolute Gasteiger partial charge is 0.490 e. The Kier molecular flexibility index (Phi) is 8.62. The molecule has 0 saturated carbocycles. The van der Waals surface area contributed by atoms with Crippen LogP contribution in [0.2, 0.25) is 0 Å². The first-order valence-electron chi connectivity index (χ1n) is 10.1. The quantitative estimate of drug-likeness (QED) is 0.287. The van der Waals surface area contributed by atoms with Gasteiger partial charge in [-0.05, 0) is 66.9 Å². The fourth-order valence-corrected chi connectivity index (χ4v) is 4.28. The van der Waals surface area contributed by atoms with Crippen molar-refractivity contribution < 1.29 is 23.9 Å². The lowest BCUT2D eigenvalue weighted by atomic mass is 10.2. The van der Waals surface area contributed by atoms with Crippen LogP contribution in [0.25, 0.3) is 6.08 Å². The molecule has 0 aliphatic carbocycles. The van der Waals surface area contributed by atoms with Crippen LogP contribution in [0.4, 0.5) is 10.5 Å². The van der Waals surface area contributed by atoms with Crippen LogP contribution < -0.4 is 14.8 Å². The number of carbonyl (C=O) groups excluding carboxylic acids is 3. The standard InChI is InChI=1S/C24H24N2O5S2/c1-4-11-31-19-10-9-16(12-20(19)30-5-2)13-21-23(28)26(24(29)33-21)15-22(27)25-17-7-6-8-18(14-17)32-3/h4,6-10,12-14H,1,5,11,15H2,2-3H3,(H,25,27)/b21-13+. The van der Waals surface area contributed by atoms with Crippen LogP contribution in [0, 0.1) is 0 Å². The summed E-state index contributed by atoms with van der Waals surface area (Å²) in [6, 6.07) is 12.6. The van der Waals surface area contributed by atoms with Crippen LogP contribution in [-0.2, 0) is 9.59 Å². The lowest BCUT2D eigenvalue weighted by molar-refractivity contribution is -0.127. The van der Waals surface area contributed by atoms with E-state index in [1.54, 1.807) is 48.2 Å². The molecular formula is C24H24N2O5S2. The molecule has 0 aromatic heterocycles. The third-order valence-electron chi connectivity index (χ3n) is 4.45. The zero-order chi connectivity index (χ0) is 23.8. The molecule has 0 unspecified atom stereocenters. The van der Waals surface area contributed by atoms with Gasteiger partial charge in [0.25, 0.3) is 11.1 Å². The van der Waals surface area contributed by atoms with Gasteiger partial charge in [0, 0.05) is 10.6 Å². The minimum atomic E-state index is -0.511. The number of anilines is 1. The van der Waals surface area contributed by atoms with Crippen molar-refractivity contribution in [2.45, 2.75) is 11.8 Å². The third kappa shape index (κ3) is 6.43. The average Bonchev–Trinajstić information content (AvgIpc) is 3.06. The summed E-state index contributed by atoms with van der Waals surface area (Å²) in [4.78, 5) is 39.8. The number of amides is 3. The molecule has 33 heavy (non-hydrogen) atoms. The van der Waals surface area contributed by atoms with E-state index < -0.39 is 17.1 Å². The number of hydrogen-bond donors (Lipinski definition) is 1. The van der Waals surface area contributed by atoms with Gasteiger partial charge in [0.05, 0.1) is 11.5 Å². The highest BCUT2D eigenvalue weighted by atomic mass is 32.2. The second kappa shape index (κ2) is 11.6. The Hall–Kier alpha value is -3.17. The Labute approximate surface area is 201 Å². The predicted molar refractivity (Wildman–Crippen MR) is 133 cm³/mol. The van der Waals surface area contributed by atoms with E-state index in [0.717, 1.165) is 21.6 Å². The Morgan fingerprint density at radius 2 is 2.00 bits per heavy atom. The molecule has 172 valence electrons. The zero-order valence-corrected chi connectivity index (χ0v) is 20.0. The lowest BCUT2D eigenvalue weighted by Crippen LogP contribution is -2.36. The molecule has 1 N–H and O–H groups in total. The van der Waals surface area contributed by atoms with Crippen molar-refractivity contribution in [3.63, 3.8) is 0 Å². The number of benzene rings is 2. The molecule has 1 saturated heterocycles. The minimum absolute atomic E-state index is 0.236. The summed E-state index contributed by atoms with van der Waals surface area (Å²) in [5.41, 5.74) is 1.28. The molecule has 0 atom stereocenters. The van der Waals surface area contributed by atoms with Crippen molar-refractivity contribution in [3.05, 3.63) is 65.6 Å². The fourth-order valence-electron chi connectivity index (χ4n) is 2.98. The van der Waals surface area contributed by atoms with E-state index in [2.05, 4.69) is 11.9 Å². The Morgan fingerprint density at radius 3 is 2.73 bits per heavy atom. The molecule has 3 amide bonds. The average molecular weight is 485 g/mol. The van der Waals surface area contributed by atoms with Crippen LogP contribution >= 0.6 is 23.5 Å². The normalized spacial score (nSPS) is 14.5. The van der Waals surface area contributed by atoms with E-state index >= 15 is 0 Å². The molecule has 2 aromatic rings. The molecule has 1 aliphatic heterocycles. The lowest BCUT2D eigenvalue weighted by Gasteiger charge is -2.13. The summed E-state index contributed by atoms with van der Waals surface area (Å²) >= 11 is 2.35. The highest BCUT2D eigenvalue weighted by molar-refractivity contribution is 8.18. The third-order valence-corrected chi connectivity index (χ3v) is 6.08. The summed E-state index contributed by atoms with van der Waals surface area (Å²) < 4.78 is 11.2. The molecule has 7 nitrogen and oxygen atoms in total. The summed E-state index contributed by atoms with van der Waals surface area (Å²) in [6.45, 7) is 5.91. The summed E-state index contributed by atoms with van der Waals surface area (Å²) in [7, 11) is 0. The van der Waals surface area contributed by atoms with Crippen molar-refractivity contribution >= 4 is 52.3 Å². The topological polar surface area (TPSA) is 84.9 Å². The van der Waals surface area contributed by atoms with Gasteiger partial charge in [0.1, 0.15) is 13.2 Å². The van der Waals surface area contributed by atoms with E-state index in [4.69, 9.17) is 9.47 Å². The molecule has 1 heterocycles. The summed E-state index contributed by atoms with van der Waals surface area (Å²) in [5.74, 6) is 0.130. The number of rotatable bonds is 10. The number of ether oxygens (including phenoxy) is 2. The maximum atomic E-state index is 12.8. The number of nitrogens with one attached hydrogen (secondary N) is 1. The maximum Gasteiger partial charge on any atom is 0.294 e. The van der Waals surface area contributed by atoms with Gasteiger partial charge in [0.15, 0.2) is 11.5 Å². The fraction of sp³-hybridized carbons (Fsp3) is 0.208. The predicted octanol–water partition coefficient (Wildman–Crippen LogP) is 5.05. The van der Waals surface area contributed by atoms with E-state index in [0.29, 0.717) is 36.0 Å². The first-order valence-corrected chi connectivity index (χ1v) is 12.2. The van der Waals surface area contributed by atoms with Crippen molar-refractivity contribution in [3.8, 4) is 11.5 Å².